The molecule has 0 radical (unpaired) electrons. The van der Waals surface area contributed by atoms with Gasteiger partial charge in [0.25, 0.3) is 0 Å². The van der Waals surface area contributed by atoms with Gasteiger partial charge in [-0.2, -0.15) is 0 Å². The molecule has 0 amide bonds. The molecule has 0 bridgehead atoms. The molecule has 190 valence electrons. The average molecular weight is 620 g/mol. The van der Waals surface area contributed by atoms with Gasteiger partial charge in [-0.25, -0.2) is 8.42 Å². The van der Waals surface area contributed by atoms with E-state index in [-0.39, 0.29) is 0 Å². The van der Waals surface area contributed by atoms with E-state index in [1.54, 1.807) is 32.0 Å². The van der Waals surface area contributed by atoms with Crippen molar-refractivity contribution in [2.75, 3.05) is 10.6 Å². The summed E-state index contributed by atoms with van der Waals surface area (Å²) in [5.74, 6) is -1.43. The van der Waals surface area contributed by atoms with Gasteiger partial charge in [0.15, 0.2) is 0 Å². The van der Waals surface area contributed by atoms with Crippen LogP contribution in [0.1, 0.15) is 18.1 Å². The van der Waals surface area contributed by atoms with Gasteiger partial charge in [0.2, 0.25) is 10.0 Å². The second-order valence-corrected chi connectivity index (χ2v) is 17.7. The first kappa shape index (κ1) is 28.5. The Morgan fingerprint density at radius 3 is 1.35 bits per heavy atom. The summed E-state index contributed by atoms with van der Waals surface area (Å²) in [7, 11) is -3.69. The monoisotopic (exact) mass is 621 g/mol. The summed E-state index contributed by atoms with van der Waals surface area (Å²) < 4.78 is 29.1. The fourth-order valence-corrected chi connectivity index (χ4v) is 12.8. The summed E-state index contributed by atoms with van der Waals surface area (Å²) in [4.78, 5) is 11.0. The van der Waals surface area contributed by atoms with Crippen molar-refractivity contribution in [3.8, 4) is 0 Å². The average Bonchev–Trinajstić information content (AvgIpc) is 2.88. The van der Waals surface area contributed by atoms with Crippen molar-refractivity contribution in [3.63, 3.8) is 0 Å². The number of sulfonamides is 1. The van der Waals surface area contributed by atoms with Crippen LogP contribution in [0.15, 0.2) is 109 Å². The molecule has 0 saturated carbocycles. The van der Waals surface area contributed by atoms with Gasteiger partial charge in [0.1, 0.15) is 0 Å². The number of hydrogen-bond donors (Lipinski definition) is 0. The van der Waals surface area contributed by atoms with Crippen LogP contribution in [0.2, 0.25) is 0 Å². The van der Waals surface area contributed by atoms with Crippen molar-refractivity contribution in [2.45, 2.75) is 26.8 Å². The maximum atomic E-state index is 11.8. The molecule has 0 fully saturated rings. The first-order valence-corrected chi connectivity index (χ1v) is 18.0. The first-order chi connectivity index (χ1) is 17.6. The number of hydrogen-bond acceptors (Lipinski definition) is 4. The maximum absolute atomic E-state index is 11.8. The molecule has 0 aliphatic carbocycles. The van der Waals surface area contributed by atoms with E-state index in [9.17, 15) is 18.3 Å². The van der Waals surface area contributed by atoms with Crippen molar-refractivity contribution in [3.05, 3.63) is 120 Å². The molecule has 7 heteroatoms. The van der Waals surface area contributed by atoms with Crippen LogP contribution in [-0.2, 0) is 14.8 Å². The SMILES string of the molecule is Cc1cccc(C)c1N(C(C)C(=O)[O-])S(C)(=O)=O.c1cc[c]([Sn+]([c]2ccccc2)[c]2ccccc2)cc1. The molecule has 4 aromatic carbocycles. The molecule has 0 spiro atoms. The number of aliphatic carboxylic acids is 1. The van der Waals surface area contributed by atoms with Gasteiger partial charge in [-0.15, -0.1) is 0 Å². The summed E-state index contributed by atoms with van der Waals surface area (Å²) in [6.45, 7) is 4.77. The zero-order chi connectivity index (χ0) is 27.0. The number of nitrogens with zero attached hydrogens (tertiary/aromatic N) is 1. The minimum absolute atomic E-state index is 0.400. The molecule has 0 heterocycles. The summed E-state index contributed by atoms with van der Waals surface area (Å²) in [5.41, 5.74) is 1.80. The van der Waals surface area contributed by atoms with Gasteiger partial charge in [-0.05, 0) is 31.9 Å². The van der Waals surface area contributed by atoms with E-state index in [1.807, 2.05) is 0 Å². The van der Waals surface area contributed by atoms with Crippen molar-refractivity contribution >= 4 is 52.2 Å². The molecule has 4 aromatic rings. The summed E-state index contributed by atoms with van der Waals surface area (Å²) >= 11 is -1.98. The molecular weight excluding hydrogens is 589 g/mol. The Hall–Kier alpha value is -3.10. The Morgan fingerprint density at radius 1 is 0.703 bits per heavy atom. The molecule has 0 aliphatic heterocycles. The van der Waals surface area contributed by atoms with Gasteiger partial charge < -0.3 is 9.90 Å². The molecule has 0 N–H and O–H groups in total. The van der Waals surface area contributed by atoms with Crippen LogP contribution in [0.25, 0.3) is 0 Å². The molecule has 1 atom stereocenters. The van der Waals surface area contributed by atoms with Crippen molar-refractivity contribution in [2.24, 2.45) is 0 Å². The van der Waals surface area contributed by atoms with Crippen LogP contribution in [0.5, 0.6) is 0 Å². The van der Waals surface area contributed by atoms with E-state index in [0.29, 0.717) is 16.8 Å². The third-order valence-electron chi connectivity index (χ3n) is 5.90. The number of carbonyl (C=O) groups is 1. The molecule has 0 aromatic heterocycles. The number of carboxylic acid groups (broad SMARTS) is 1. The van der Waals surface area contributed by atoms with Crippen LogP contribution < -0.4 is 20.1 Å². The first-order valence-electron chi connectivity index (χ1n) is 11.9. The van der Waals surface area contributed by atoms with Gasteiger partial charge >= 0.3 is 121 Å². The summed E-state index contributed by atoms with van der Waals surface area (Å²) in [6.07, 6.45) is 0.984. The van der Waals surface area contributed by atoms with Crippen LogP contribution in [0, 0.1) is 13.8 Å². The third kappa shape index (κ3) is 7.46. The Balaban J connectivity index is 0.000000206. The predicted molar refractivity (Wildman–Crippen MR) is 152 cm³/mol. The fraction of sp³-hybridized carbons (Fsp3) is 0.167. The van der Waals surface area contributed by atoms with Gasteiger partial charge in [-0.1, -0.05) is 18.2 Å². The van der Waals surface area contributed by atoms with Gasteiger partial charge in [-0.3, -0.25) is 4.31 Å². The number of para-hydroxylation sites is 1. The van der Waals surface area contributed by atoms with E-state index in [2.05, 4.69) is 91.0 Å². The zero-order valence-electron chi connectivity index (χ0n) is 21.5. The Labute approximate surface area is 227 Å². The van der Waals surface area contributed by atoms with Gasteiger partial charge in [0, 0.05) is 0 Å². The molecule has 37 heavy (non-hydrogen) atoms. The molecule has 1 unspecified atom stereocenters. The third-order valence-corrected chi connectivity index (χ3v) is 14.9. The van der Waals surface area contributed by atoms with E-state index < -0.39 is 41.8 Å². The molecule has 5 nitrogen and oxygen atoms in total. The second kappa shape index (κ2) is 12.9. The quantitative estimate of drug-likeness (QED) is 0.298. The molecule has 0 aliphatic rings. The number of anilines is 1. The molecular formula is C30H31NO4SSn. The Kier molecular flexibility index (Phi) is 9.94. The van der Waals surface area contributed by atoms with Crippen LogP contribution in [0.4, 0.5) is 5.69 Å². The van der Waals surface area contributed by atoms with E-state index in [0.717, 1.165) is 10.6 Å². The Morgan fingerprint density at radius 2 is 1.05 bits per heavy atom. The topological polar surface area (TPSA) is 77.5 Å². The van der Waals surface area contributed by atoms with E-state index >= 15 is 0 Å². The van der Waals surface area contributed by atoms with Gasteiger partial charge in [0.05, 0.1) is 24.0 Å². The van der Waals surface area contributed by atoms with Crippen LogP contribution >= 0.6 is 0 Å². The van der Waals surface area contributed by atoms with Crippen molar-refractivity contribution < 1.29 is 18.3 Å². The standard InChI is InChI=1S/C12H17NO4S.3C6H5.Sn/c1-8-6-5-7-9(2)11(8)13(18(4,16)17)10(3)12(14)15;3*1-2-4-6-5-3-1;/h5-7,10H,1-4H3,(H,14,15);3*1-5H;/q;;;;+1/p-1. The predicted octanol–water partition coefficient (Wildman–Crippen LogP) is 2.41. The number of benzene rings is 4. The fourth-order valence-electron chi connectivity index (χ4n) is 4.21. The second-order valence-electron chi connectivity index (χ2n) is 8.77. The molecule has 4 rings (SSSR count). The van der Waals surface area contributed by atoms with Crippen LogP contribution in [0.3, 0.4) is 0 Å². The van der Waals surface area contributed by atoms with Crippen molar-refractivity contribution in [1.82, 2.24) is 0 Å². The number of rotatable bonds is 7. The zero-order valence-corrected chi connectivity index (χ0v) is 25.1. The van der Waals surface area contributed by atoms with Crippen LogP contribution in [-0.4, -0.2) is 46.4 Å². The normalized spacial score (nSPS) is 11.6. The summed E-state index contributed by atoms with van der Waals surface area (Å²) in [6, 6.07) is 37.0. The number of carboxylic acids is 1. The van der Waals surface area contributed by atoms with E-state index in [1.165, 1.54) is 17.7 Å². The molecule has 0 saturated heterocycles. The number of carbonyl (C=O) groups excluding carboxylic acids is 1. The van der Waals surface area contributed by atoms with E-state index in [4.69, 9.17) is 0 Å². The number of aryl methyl sites for hydroxylation is 2. The summed E-state index contributed by atoms with van der Waals surface area (Å²) in [5, 5.41) is 11.0. The Bertz CT molecular complexity index is 1300. The van der Waals surface area contributed by atoms with Crippen molar-refractivity contribution in [1.29, 1.82) is 0 Å². The minimum atomic E-state index is -3.69.